The number of benzene rings is 2. The second-order valence-electron chi connectivity index (χ2n) is 4.55. The van der Waals surface area contributed by atoms with Crippen LogP contribution in [0.1, 0.15) is 5.56 Å². The first-order chi connectivity index (χ1) is 9.72. The summed E-state index contributed by atoms with van der Waals surface area (Å²) in [7, 11) is 0. The lowest BCUT2D eigenvalue weighted by molar-refractivity contribution is -0.529. The first-order valence-electron chi connectivity index (χ1n) is 6.39. The number of hydrogen-bond donors (Lipinski definition) is 2. The van der Waals surface area contributed by atoms with Crippen molar-refractivity contribution in [1.29, 1.82) is 0 Å². The zero-order chi connectivity index (χ0) is 13.9. The summed E-state index contributed by atoms with van der Waals surface area (Å²) in [6.07, 6.45) is 0. The first kappa shape index (κ1) is 13.3. The van der Waals surface area contributed by atoms with Crippen LogP contribution >= 0.6 is 23.4 Å². The number of nitrogens with one attached hydrogen (secondary N) is 1. The highest BCUT2D eigenvalue weighted by Gasteiger charge is 2.20. The average molecular weight is 305 g/mol. The SMILES string of the molecule is N[N+]1=C(c2ccc(Sc3ccc(Cl)cc3)cc2)NCC1. The van der Waals surface area contributed by atoms with Crippen molar-refractivity contribution in [3.8, 4) is 0 Å². The number of halogens is 1. The Morgan fingerprint density at radius 2 is 1.60 bits per heavy atom. The van der Waals surface area contributed by atoms with Crippen molar-refractivity contribution in [3.05, 3.63) is 59.1 Å². The Morgan fingerprint density at radius 3 is 2.15 bits per heavy atom. The summed E-state index contributed by atoms with van der Waals surface area (Å²) in [6, 6.07) is 16.2. The number of nitrogens with zero attached hydrogens (tertiary/aromatic N) is 1. The molecule has 20 heavy (non-hydrogen) atoms. The van der Waals surface area contributed by atoms with Gasteiger partial charge in [-0.1, -0.05) is 23.4 Å². The van der Waals surface area contributed by atoms with Gasteiger partial charge in [0.1, 0.15) is 13.1 Å². The Morgan fingerprint density at radius 1 is 1.00 bits per heavy atom. The van der Waals surface area contributed by atoms with E-state index in [0.29, 0.717) is 0 Å². The topological polar surface area (TPSA) is 41.1 Å². The molecule has 102 valence electrons. The van der Waals surface area contributed by atoms with Gasteiger partial charge in [-0.05, 0) is 48.5 Å². The van der Waals surface area contributed by atoms with Crippen molar-refractivity contribution in [2.45, 2.75) is 9.79 Å². The quantitative estimate of drug-likeness (QED) is 0.677. The van der Waals surface area contributed by atoms with Crippen LogP contribution in [0.3, 0.4) is 0 Å². The Balaban J connectivity index is 1.76. The molecule has 0 spiro atoms. The third-order valence-electron chi connectivity index (χ3n) is 3.11. The maximum absolute atomic E-state index is 5.90. The fourth-order valence-corrected chi connectivity index (χ4v) is 3.04. The monoisotopic (exact) mass is 304 g/mol. The van der Waals surface area contributed by atoms with Gasteiger partial charge in [-0.2, -0.15) is 4.68 Å². The summed E-state index contributed by atoms with van der Waals surface area (Å²) in [5, 5.41) is 4.05. The molecule has 0 radical (unpaired) electrons. The van der Waals surface area contributed by atoms with E-state index in [0.717, 1.165) is 29.5 Å². The molecule has 0 saturated heterocycles. The van der Waals surface area contributed by atoms with Gasteiger partial charge in [0.15, 0.2) is 0 Å². The molecule has 3 N–H and O–H groups in total. The van der Waals surface area contributed by atoms with Gasteiger partial charge in [0.05, 0.1) is 5.56 Å². The van der Waals surface area contributed by atoms with Gasteiger partial charge in [-0.15, -0.1) is 0 Å². The van der Waals surface area contributed by atoms with E-state index in [-0.39, 0.29) is 0 Å². The van der Waals surface area contributed by atoms with E-state index >= 15 is 0 Å². The predicted octanol–water partition coefficient (Wildman–Crippen LogP) is 2.73. The molecule has 0 amide bonds. The third-order valence-corrected chi connectivity index (χ3v) is 4.38. The molecule has 0 fully saturated rings. The molecule has 2 aromatic rings. The van der Waals surface area contributed by atoms with Crippen LogP contribution in [0.5, 0.6) is 0 Å². The van der Waals surface area contributed by atoms with E-state index in [1.807, 2.05) is 24.3 Å². The molecule has 1 aliphatic rings. The summed E-state index contributed by atoms with van der Waals surface area (Å²) in [4.78, 5) is 2.37. The predicted molar refractivity (Wildman–Crippen MR) is 83.4 cm³/mol. The first-order valence-corrected chi connectivity index (χ1v) is 7.59. The van der Waals surface area contributed by atoms with Crippen LogP contribution in [0.15, 0.2) is 58.3 Å². The fraction of sp³-hybridized carbons (Fsp3) is 0.133. The van der Waals surface area contributed by atoms with Gasteiger partial charge in [0.2, 0.25) is 0 Å². The summed E-state index contributed by atoms with van der Waals surface area (Å²) in [5.41, 5.74) is 1.12. The number of hydrogen-bond acceptors (Lipinski definition) is 3. The van der Waals surface area contributed by atoms with Gasteiger partial charge >= 0.3 is 0 Å². The van der Waals surface area contributed by atoms with Gasteiger partial charge < -0.3 is 0 Å². The molecule has 0 aromatic heterocycles. The molecule has 3 nitrogen and oxygen atoms in total. The van der Waals surface area contributed by atoms with Crippen molar-refractivity contribution in [2.24, 2.45) is 5.84 Å². The highest BCUT2D eigenvalue weighted by atomic mass is 35.5. The molecule has 0 bridgehead atoms. The number of amidine groups is 1. The average Bonchev–Trinajstić information content (AvgIpc) is 2.89. The lowest BCUT2D eigenvalue weighted by Crippen LogP contribution is -2.27. The molecule has 2 aromatic carbocycles. The van der Waals surface area contributed by atoms with E-state index in [9.17, 15) is 0 Å². The van der Waals surface area contributed by atoms with Crippen LogP contribution in [-0.2, 0) is 0 Å². The van der Waals surface area contributed by atoms with Crippen molar-refractivity contribution in [2.75, 3.05) is 13.1 Å². The summed E-state index contributed by atoms with van der Waals surface area (Å²) < 4.78 is 1.75. The molecule has 0 saturated carbocycles. The van der Waals surface area contributed by atoms with Crippen LogP contribution in [0.4, 0.5) is 0 Å². The molecule has 5 heteroatoms. The Labute approximate surface area is 127 Å². The zero-order valence-electron chi connectivity index (χ0n) is 10.8. The molecule has 1 aliphatic heterocycles. The Hall–Kier alpha value is -1.65. The van der Waals surface area contributed by atoms with Gasteiger partial charge in [0, 0.05) is 14.8 Å². The summed E-state index contributed by atoms with van der Waals surface area (Å²) >= 11 is 7.60. The number of rotatable bonds is 3. The lowest BCUT2D eigenvalue weighted by Gasteiger charge is -2.03. The van der Waals surface area contributed by atoms with Crippen molar-refractivity contribution in [3.63, 3.8) is 0 Å². The summed E-state index contributed by atoms with van der Waals surface area (Å²) in [6.45, 7) is 1.74. The minimum Gasteiger partial charge on any atom is -0.273 e. The lowest BCUT2D eigenvalue weighted by atomic mass is 10.2. The molecule has 0 aliphatic carbocycles. The van der Waals surface area contributed by atoms with Crippen LogP contribution in [0.2, 0.25) is 5.02 Å². The van der Waals surface area contributed by atoms with Gasteiger partial charge in [-0.25, -0.2) is 0 Å². The number of hydrazine groups is 1. The normalized spacial score (nSPS) is 14.4. The van der Waals surface area contributed by atoms with Gasteiger partial charge in [-0.3, -0.25) is 11.2 Å². The highest BCUT2D eigenvalue weighted by Crippen LogP contribution is 2.28. The smallest absolute Gasteiger partial charge is 0.273 e. The second kappa shape index (κ2) is 5.77. The highest BCUT2D eigenvalue weighted by molar-refractivity contribution is 7.99. The van der Waals surface area contributed by atoms with Crippen molar-refractivity contribution in [1.82, 2.24) is 5.32 Å². The largest absolute Gasteiger partial charge is 0.300 e. The van der Waals surface area contributed by atoms with Crippen LogP contribution in [0.25, 0.3) is 0 Å². The molecule has 0 unspecified atom stereocenters. The number of nitrogens with two attached hydrogens (primary N) is 1. The van der Waals surface area contributed by atoms with Crippen LogP contribution in [-0.4, -0.2) is 23.6 Å². The fourth-order valence-electron chi connectivity index (χ4n) is 2.10. The van der Waals surface area contributed by atoms with Crippen LogP contribution < -0.4 is 11.2 Å². The van der Waals surface area contributed by atoms with E-state index in [2.05, 4.69) is 29.6 Å². The molecule has 1 heterocycles. The Bertz CT molecular complexity index is 635. The number of hydrazone groups is 1. The molecule has 3 rings (SSSR count). The van der Waals surface area contributed by atoms with E-state index in [4.69, 9.17) is 17.4 Å². The second-order valence-corrected chi connectivity index (χ2v) is 6.13. The van der Waals surface area contributed by atoms with Crippen molar-refractivity contribution < 1.29 is 4.68 Å². The minimum absolute atomic E-state index is 0.761. The van der Waals surface area contributed by atoms with E-state index in [1.165, 1.54) is 9.79 Å². The third kappa shape index (κ3) is 2.92. The minimum atomic E-state index is 0.761. The molecular weight excluding hydrogens is 290 g/mol. The molecular formula is C15H15ClN3S+. The van der Waals surface area contributed by atoms with E-state index in [1.54, 1.807) is 16.4 Å². The standard InChI is InChI=1S/C15H14ClN3S/c16-12-3-7-14(8-4-12)20-13-5-1-11(2-6-13)15-18-9-10-19(15)17/h1-8H,9-10,17H2/p+1. The van der Waals surface area contributed by atoms with Crippen LogP contribution in [0, 0.1) is 0 Å². The van der Waals surface area contributed by atoms with Gasteiger partial charge in [0.25, 0.3) is 5.84 Å². The molecule has 0 atom stereocenters. The maximum atomic E-state index is 5.90. The van der Waals surface area contributed by atoms with E-state index < -0.39 is 0 Å². The Kier molecular flexibility index (Phi) is 3.85. The maximum Gasteiger partial charge on any atom is 0.300 e. The summed E-state index contributed by atoms with van der Waals surface area (Å²) in [5.74, 6) is 6.90. The zero-order valence-corrected chi connectivity index (χ0v) is 12.4. The van der Waals surface area contributed by atoms with Crippen molar-refractivity contribution >= 4 is 29.2 Å².